The van der Waals surface area contributed by atoms with Crippen molar-refractivity contribution in [2.45, 2.75) is 85.6 Å². The van der Waals surface area contributed by atoms with Crippen molar-refractivity contribution >= 4 is 5.91 Å². The molecule has 0 bridgehead atoms. The molecule has 2 N–H and O–H groups in total. The third-order valence-corrected chi connectivity index (χ3v) is 3.31. The number of aryl methyl sites for hydroxylation is 1. The topological polar surface area (TPSA) is 49.3 Å². The molecule has 0 aliphatic rings. The zero-order chi connectivity index (χ0) is 19.0. The smallest absolute Gasteiger partial charge is 0.251 e. The van der Waals surface area contributed by atoms with Crippen LogP contribution >= 0.6 is 0 Å². The van der Waals surface area contributed by atoms with E-state index in [1.807, 2.05) is 32.9 Å². The first-order valence-corrected chi connectivity index (χ1v) is 9.03. The third kappa shape index (κ3) is 8.49. The van der Waals surface area contributed by atoms with Crippen LogP contribution in [0.25, 0.3) is 0 Å². The first-order valence-electron chi connectivity index (χ1n) is 9.03. The molecule has 3 nitrogen and oxygen atoms in total. The largest absolute Gasteiger partial charge is 0.396 e. The van der Waals surface area contributed by atoms with Crippen LogP contribution in [0.1, 0.15) is 89.7 Å². The number of carbonyl (C=O) groups excluding carboxylic acids is 1. The Bertz CT molecular complexity index is 508. The second kappa shape index (κ2) is 9.83. The Morgan fingerprint density at radius 3 is 2.04 bits per heavy atom. The predicted molar refractivity (Wildman–Crippen MR) is 104 cm³/mol. The average Bonchev–Trinajstić information content (AvgIpc) is 2.43. The molecule has 1 aromatic rings. The van der Waals surface area contributed by atoms with Crippen molar-refractivity contribution in [1.82, 2.24) is 5.32 Å². The lowest BCUT2D eigenvalue weighted by Crippen LogP contribution is -2.41. The van der Waals surface area contributed by atoms with Gasteiger partial charge in [0.15, 0.2) is 0 Å². The molecule has 138 valence electrons. The molecule has 0 saturated heterocycles. The minimum Gasteiger partial charge on any atom is -0.396 e. The molecule has 0 unspecified atom stereocenters. The van der Waals surface area contributed by atoms with Crippen molar-refractivity contribution in [3.05, 3.63) is 34.9 Å². The van der Waals surface area contributed by atoms with Gasteiger partial charge in [0.05, 0.1) is 0 Å². The van der Waals surface area contributed by atoms with Crippen molar-refractivity contribution < 1.29 is 9.90 Å². The van der Waals surface area contributed by atoms with Crippen LogP contribution in [0.4, 0.5) is 0 Å². The lowest BCUT2D eigenvalue weighted by atomic mass is 9.84. The number of hydrogen-bond acceptors (Lipinski definition) is 2. The summed E-state index contributed by atoms with van der Waals surface area (Å²) in [6, 6.07) is 6.10. The standard InChI is InChI=1S/C18H29NO2.C3H8/c1-17(2,3)14-10-9-13(8-7-11-20)15(12-14)16(21)19-18(4,5)6;1-3-2/h9-10,12,20H,7-8,11H2,1-6H3,(H,19,21);3H2,1-2H3. The van der Waals surface area contributed by atoms with Crippen LogP contribution in [-0.2, 0) is 11.8 Å². The molecule has 0 heterocycles. The second-order valence-electron chi connectivity index (χ2n) is 8.36. The quantitative estimate of drug-likeness (QED) is 0.826. The summed E-state index contributed by atoms with van der Waals surface area (Å²) >= 11 is 0. The van der Waals surface area contributed by atoms with Gasteiger partial charge in [-0.2, -0.15) is 0 Å². The Hall–Kier alpha value is -1.35. The Morgan fingerprint density at radius 2 is 1.62 bits per heavy atom. The molecular formula is C21H37NO2. The van der Waals surface area contributed by atoms with Crippen LogP contribution < -0.4 is 5.32 Å². The van der Waals surface area contributed by atoms with Gasteiger partial charge >= 0.3 is 0 Å². The van der Waals surface area contributed by atoms with Gasteiger partial charge in [-0.1, -0.05) is 53.2 Å². The second-order valence-corrected chi connectivity index (χ2v) is 8.36. The zero-order valence-corrected chi connectivity index (χ0v) is 16.9. The Kier molecular flexibility index (Phi) is 9.27. The fourth-order valence-corrected chi connectivity index (χ4v) is 2.15. The van der Waals surface area contributed by atoms with E-state index in [4.69, 9.17) is 5.11 Å². The van der Waals surface area contributed by atoms with Gasteiger partial charge in [-0.25, -0.2) is 0 Å². The first kappa shape index (κ1) is 22.6. The molecular weight excluding hydrogens is 298 g/mol. The van der Waals surface area contributed by atoms with Crippen LogP contribution in [0, 0.1) is 0 Å². The summed E-state index contributed by atoms with van der Waals surface area (Å²) < 4.78 is 0. The lowest BCUT2D eigenvalue weighted by molar-refractivity contribution is 0.0918. The number of aliphatic hydroxyl groups excluding tert-OH is 1. The van der Waals surface area contributed by atoms with Gasteiger partial charge < -0.3 is 10.4 Å². The van der Waals surface area contributed by atoms with E-state index in [1.165, 1.54) is 6.42 Å². The van der Waals surface area contributed by atoms with Gasteiger partial charge in [0.25, 0.3) is 5.91 Å². The van der Waals surface area contributed by atoms with Crippen molar-refractivity contribution in [3.8, 4) is 0 Å². The van der Waals surface area contributed by atoms with Crippen LogP contribution in [-0.4, -0.2) is 23.2 Å². The Balaban J connectivity index is 0.00000163. The van der Waals surface area contributed by atoms with E-state index in [2.05, 4.69) is 46.0 Å². The van der Waals surface area contributed by atoms with E-state index < -0.39 is 0 Å². The van der Waals surface area contributed by atoms with E-state index in [9.17, 15) is 4.79 Å². The van der Waals surface area contributed by atoms with Crippen LogP contribution in [0.5, 0.6) is 0 Å². The molecule has 0 spiro atoms. The summed E-state index contributed by atoms with van der Waals surface area (Å²) in [5.74, 6) is -0.0402. The van der Waals surface area contributed by atoms with Crippen molar-refractivity contribution in [2.24, 2.45) is 0 Å². The van der Waals surface area contributed by atoms with Crippen molar-refractivity contribution in [3.63, 3.8) is 0 Å². The van der Waals surface area contributed by atoms with E-state index in [1.54, 1.807) is 0 Å². The van der Waals surface area contributed by atoms with Gasteiger partial charge in [0, 0.05) is 17.7 Å². The zero-order valence-electron chi connectivity index (χ0n) is 16.9. The average molecular weight is 336 g/mol. The molecule has 0 radical (unpaired) electrons. The van der Waals surface area contributed by atoms with Gasteiger partial charge in [-0.05, 0) is 56.2 Å². The fourth-order valence-electron chi connectivity index (χ4n) is 2.15. The van der Waals surface area contributed by atoms with E-state index in [0.29, 0.717) is 12.8 Å². The van der Waals surface area contributed by atoms with E-state index in [-0.39, 0.29) is 23.5 Å². The van der Waals surface area contributed by atoms with E-state index >= 15 is 0 Å². The highest BCUT2D eigenvalue weighted by Gasteiger charge is 2.21. The maximum Gasteiger partial charge on any atom is 0.251 e. The van der Waals surface area contributed by atoms with Gasteiger partial charge in [-0.3, -0.25) is 4.79 Å². The summed E-state index contributed by atoms with van der Waals surface area (Å²) in [6.07, 6.45) is 2.64. The minimum atomic E-state index is -0.261. The SMILES string of the molecule is CC(C)(C)NC(=O)c1cc(C(C)(C)C)ccc1CCCO.CCC. The third-order valence-electron chi connectivity index (χ3n) is 3.31. The lowest BCUT2D eigenvalue weighted by Gasteiger charge is -2.24. The van der Waals surface area contributed by atoms with Gasteiger partial charge in [0.1, 0.15) is 0 Å². The number of benzene rings is 1. The number of rotatable bonds is 4. The van der Waals surface area contributed by atoms with Crippen molar-refractivity contribution in [1.29, 1.82) is 0 Å². The summed E-state index contributed by atoms with van der Waals surface area (Å²) in [4.78, 5) is 12.5. The minimum absolute atomic E-state index is 0.00622. The maximum atomic E-state index is 12.5. The number of carbonyl (C=O) groups is 1. The fraction of sp³-hybridized carbons (Fsp3) is 0.667. The highest BCUT2D eigenvalue weighted by Crippen LogP contribution is 2.25. The molecule has 24 heavy (non-hydrogen) atoms. The Morgan fingerprint density at radius 1 is 1.08 bits per heavy atom. The molecule has 1 amide bonds. The monoisotopic (exact) mass is 335 g/mol. The molecule has 0 saturated carbocycles. The van der Waals surface area contributed by atoms with Gasteiger partial charge in [-0.15, -0.1) is 0 Å². The first-order chi connectivity index (χ1) is 11.0. The van der Waals surface area contributed by atoms with Crippen LogP contribution in [0.15, 0.2) is 18.2 Å². The molecule has 3 heteroatoms. The maximum absolute atomic E-state index is 12.5. The number of aliphatic hydroxyl groups is 1. The van der Waals surface area contributed by atoms with Gasteiger partial charge in [0.2, 0.25) is 0 Å². The highest BCUT2D eigenvalue weighted by molar-refractivity contribution is 5.96. The molecule has 0 fully saturated rings. The highest BCUT2D eigenvalue weighted by atomic mass is 16.2. The van der Waals surface area contributed by atoms with Crippen LogP contribution in [0.2, 0.25) is 0 Å². The summed E-state index contributed by atoms with van der Waals surface area (Å²) in [6.45, 7) is 16.7. The molecule has 0 aliphatic carbocycles. The van der Waals surface area contributed by atoms with Crippen LogP contribution in [0.3, 0.4) is 0 Å². The summed E-state index contributed by atoms with van der Waals surface area (Å²) in [5, 5.41) is 12.1. The molecule has 0 aromatic heterocycles. The van der Waals surface area contributed by atoms with E-state index in [0.717, 1.165) is 16.7 Å². The molecule has 0 aliphatic heterocycles. The molecule has 1 rings (SSSR count). The summed E-state index contributed by atoms with van der Waals surface area (Å²) in [5.41, 5.74) is 2.62. The normalized spacial score (nSPS) is 11.5. The molecule has 1 aromatic carbocycles. The van der Waals surface area contributed by atoms with Crippen molar-refractivity contribution in [2.75, 3.05) is 6.61 Å². The molecule has 0 atom stereocenters. The number of nitrogens with one attached hydrogen (secondary N) is 1. The number of amides is 1. The number of hydrogen-bond donors (Lipinski definition) is 2. The predicted octanol–water partition coefficient (Wildman–Crippen LogP) is 4.85. The summed E-state index contributed by atoms with van der Waals surface area (Å²) in [7, 11) is 0. The Labute approximate surface area is 148 Å².